The molecule has 2 atom stereocenters. The molecule has 1 unspecified atom stereocenters. The number of hydrazine groups is 1. The molecule has 13 nitrogen and oxygen atoms in total. The number of hydrogen-bond acceptors (Lipinski definition) is 8. The molecule has 0 saturated carbocycles. The Morgan fingerprint density at radius 1 is 0.827 bits per heavy atom. The van der Waals surface area contributed by atoms with Crippen molar-refractivity contribution >= 4 is 52.8 Å². The van der Waals surface area contributed by atoms with Crippen molar-refractivity contribution in [3.8, 4) is 0 Å². The summed E-state index contributed by atoms with van der Waals surface area (Å²) in [4.78, 5) is 79.8. The van der Waals surface area contributed by atoms with Crippen LogP contribution in [0.5, 0.6) is 0 Å². The molecule has 3 aromatic rings. The lowest BCUT2D eigenvalue weighted by atomic mass is 9.85. The van der Waals surface area contributed by atoms with Gasteiger partial charge in [0.05, 0.1) is 10.7 Å². The van der Waals surface area contributed by atoms with E-state index >= 15 is 0 Å². The lowest BCUT2D eigenvalue weighted by Crippen LogP contribution is -2.57. The third-order valence-corrected chi connectivity index (χ3v) is 7.58. The number of nitrogens with two attached hydrogens (primary N) is 1. The van der Waals surface area contributed by atoms with Crippen LogP contribution in [0.3, 0.4) is 0 Å². The second-order valence-corrected chi connectivity index (χ2v) is 14.3. The van der Waals surface area contributed by atoms with Crippen LogP contribution < -0.4 is 27.1 Å². The molecule has 6 N–H and O–H groups in total. The number of hydrogen-bond donors (Lipinski definition) is 5. The lowest BCUT2D eigenvalue weighted by Gasteiger charge is -2.32. The minimum Gasteiger partial charge on any atom is -0.459 e. The fourth-order valence-electron chi connectivity index (χ4n) is 4.68. The monoisotopic (exact) mass is 732 g/mol. The van der Waals surface area contributed by atoms with Gasteiger partial charge in [0.2, 0.25) is 11.8 Å². The summed E-state index contributed by atoms with van der Waals surface area (Å²) < 4.78 is 5.37. The Balaban J connectivity index is 1.87. The van der Waals surface area contributed by atoms with Gasteiger partial charge in [-0.3, -0.25) is 34.2 Å². The number of carbonyl (C=O) groups excluding carboxylic acids is 6. The Hall–Kier alpha value is -5.69. The van der Waals surface area contributed by atoms with E-state index in [-0.39, 0.29) is 22.8 Å². The Bertz CT molecular complexity index is 1790. The van der Waals surface area contributed by atoms with Gasteiger partial charge in [-0.05, 0) is 55.5 Å². The highest BCUT2D eigenvalue weighted by molar-refractivity contribution is 6.33. The van der Waals surface area contributed by atoms with Crippen molar-refractivity contribution in [2.45, 2.75) is 65.8 Å². The smallest absolute Gasteiger partial charge is 0.328 e. The van der Waals surface area contributed by atoms with Gasteiger partial charge in [-0.1, -0.05) is 93.0 Å². The van der Waals surface area contributed by atoms with Crippen LogP contribution in [0.4, 0.5) is 5.69 Å². The van der Waals surface area contributed by atoms with Gasteiger partial charge in [0.1, 0.15) is 24.2 Å². The maximum atomic E-state index is 14.0. The number of nitrogen functional groups attached to an aromatic ring is 1. The molecule has 0 spiro atoms. The van der Waals surface area contributed by atoms with Crippen LogP contribution in [0.25, 0.3) is 0 Å². The molecule has 0 bridgehead atoms. The van der Waals surface area contributed by atoms with Crippen LogP contribution in [-0.4, -0.2) is 58.7 Å². The van der Waals surface area contributed by atoms with E-state index in [1.165, 1.54) is 18.2 Å². The number of esters is 1. The van der Waals surface area contributed by atoms with Crippen LogP contribution >= 0.6 is 11.6 Å². The first kappa shape index (κ1) is 40.7. The molecule has 0 aromatic heterocycles. The predicted octanol–water partition coefficient (Wildman–Crippen LogP) is 4.00. The average molecular weight is 733 g/mol. The molecular weight excluding hydrogens is 688 g/mol. The number of carbonyl (C=O) groups is 6. The Labute approximate surface area is 308 Å². The van der Waals surface area contributed by atoms with Crippen molar-refractivity contribution < 1.29 is 33.5 Å². The summed E-state index contributed by atoms with van der Waals surface area (Å²) in [5.41, 5.74) is 8.04. The molecule has 3 aromatic carbocycles. The third kappa shape index (κ3) is 12.9. The second kappa shape index (κ2) is 18.0. The molecule has 0 fully saturated rings. The van der Waals surface area contributed by atoms with E-state index in [1.54, 1.807) is 71.9 Å². The summed E-state index contributed by atoms with van der Waals surface area (Å²) in [6, 6.07) is 19.0. The number of benzene rings is 3. The first-order valence-electron chi connectivity index (χ1n) is 16.4. The molecule has 0 aliphatic heterocycles. The number of nitrogens with one attached hydrogen (secondary N) is 4. The number of anilines is 1. The highest BCUT2D eigenvalue weighted by Gasteiger charge is 2.36. The molecule has 14 heteroatoms. The summed E-state index contributed by atoms with van der Waals surface area (Å²) in [5, 5.41) is 8.91. The van der Waals surface area contributed by atoms with Gasteiger partial charge in [0.25, 0.3) is 17.7 Å². The van der Waals surface area contributed by atoms with E-state index in [9.17, 15) is 28.8 Å². The van der Waals surface area contributed by atoms with E-state index in [1.807, 2.05) is 30.3 Å². The highest BCUT2D eigenvalue weighted by atomic mass is 35.5. The van der Waals surface area contributed by atoms with E-state index in [2.05, 4.69) is 21.4 Å². The van der Waals surface area contributed by atoms with Crippen LogP contribution in [0, 0.1) is 5.41 Å². The molecule has 3 rings (SSSR count). The van der Waals surface area contributed by atoms with E-state index in [4.69, 9.17) is 22.1 Å². The van der Waals surface area contributed by atoms with Crippen molar-refractivity contribution in [2.75, 3.05) is 12.3 Å². The molecule has 0 heterocycles. The van der Waals surface area contributed by atoms with E-state index < -0.39 is 65.1 Å². The summed E-state index contributed by atoms with van der Waals surface area (Å²) in [5.74, 6) is -4.58. The molecule has 52 heavy (non-hydrogen) atoms. The number of halogens is 1. The Morgan fingerprint density at radius 3 is 2.02 bits per heavy atom. The van der Waals surface area contributed by atoms with Gasteiger partial charge in [0.15, 0.2) is 0 Å². The molecule has 0 aliphatic carbocycles. The summed E-state index contributed by atoms with van der Waals surface area (Å²) in [7, 11) is 0. The maximum Gasteiger partial charge on any atom is 0.328 e. The third-order valence-electron chi connectivity index (χ3n) is 7.25. The topological polar surface area (TPSA) is 189 Å². The zero-order chi connectivity index (χ0) is 38.6. The quantitative estimate of drug-likeness (QED) is 0.0800. The van der Waals surface area contributed by atoms with E-state index in [0.717, 1.165) is 17.7 Å². The zero-order valence-corrected chi connectivity index (χ0v) is 30.7. The molecule has 0 aliphatic rings. The van der Waals surface area contributed by atoms with E-state index in [0.29, 0.717) is 10.6 Å². The van der Waals surface area contributed by atoms with Gasteiger partial charge >= 0.3 is 5.97 Å². The van der Waals surface area contributed by atoms with Gasteiger partial charge in [-0.15, -0.1) is 0 Å². The fourth-order valence-corrected chi connectivity index (χ4v) is 4.86. The first-order valence-corrected chi connectivity index (χ1v) is 16.8. The maximum absolute atomic E-state index is 14.0. The van der Waals surface area contributed by atoms with Crippen molar-refractivity contribution in [3.63, 3.8) is 0 Å². The first-order chi connectivity index (χ1) is 24.3. The second-order valence-electron chi connectivity index (χ2n) is 13.9. The van der Waals surface area contributed by atoms with Crippen molar-refractivity contribution in [2.24, 2.45) is 5.41 Å². The lowest BCUT2D eigenvalue weighted by molar-refractivity contribution is -0.160. The van der Waals surface area contributed by atoms with Crippen LogP contribution in [0.2, 0.25) is 5.02 Å². The molecular formula is C38H45ClN6O7. The van der Waals surface area contributed by atoms with Crippen molar-refractivity contribution in [1.29, 1.82) is 0 Å². The number of rotatable bonds is 12. The highest BCUT2D eigenvalue weighted by Crippen LogP contribution is 2.24. The predicted molar refractivity (Wildman–Crippen MR) is 197 cm³/mol. The molecule has 276 valence electrons. The van der Waals surface area contributed by atoms with Gasteiger partial charge in [-0.2, -0.15) is 0 Å². The summed E-state index contributed by atoms with van der Waals surface area (Å²) in [6.45, 7) is 9.59. The average Bonchev–Trinajstić information content (AvgIpc) is 3.07. The standard InChI is InChI=1S/C38H45ClN6O7/c1-37(2,3)33(43-34(49)26-17-18-28(40)27(39)21-26)36(51)42-32(25-15-11-8-12-16-25)35(50)44-45(23-31(48)52-38(4,5)6)30(47)20-19-29(46)41-22-24-13-9-7-10-14-24/h7-21,32-33H,22-23,40H2,1-6H3,(H,41,46)(H,42,51)(H,43,49)(H,44,50)/b20-19+/t32?,33-/m1/s1. The summed E-state index contributed by atoms with van der Waals surface area (Å²) in [6.07, 6.45) is 1.87. The summed E-state index contributed by atoms with van der Waals surface area (Å²) >= 11 is 6.11. The molecule has 0 saturated heterocycles. The molecule has 0 radical (unpaired) electrons. The van der Waals surface area contributed by atoms with Crippen molar-refractivity contribution in [3.05, 3.63) is 113 Å². The van der Waals surface area contributed by atoms with Gasteiger partial charge < -0.3 is 26.4 Å². The van der Waals surface area contributed by atoms with Crippen LogP contribution in [0.15, 0.2) is 91.0 Å². The Morgan fingerprint density at radius 2 is 1.44 bits per heavy atom. The van der Waals surface area contributed by atoms with Gasteiger partial charge in [0, 0.05) is 24.3 Å². The normalized spacial score (nSPS) is 12.6. The molecule has 5 amide bonds. The SMILES string of the molecule is CC(C)(C)OC(=O)CN(NC(=O)C(NC(=O)[C@@H](NC(=O)c1ccc(N)c(Cl)c1)C(C)(C)C)c1ccccc1)C(=O)/C=C/C(=O)NCc1ccccc1. The zero-order valence-electron chi connectivity index (χ0n) is 30.0. The fraction of sp³-hybridized carbons (Fsp3) is 0.316. The van der Waals surface area contributed by atoms with Crippen LogP contribution in [0.1, 0.15) is 69.1 Å². The van der Waals surface area contributed by atoms with Crippen molar-refractivity contribution in [1.82, 2.24) is 26.4 Å². The minimum atomic E-state index is -1.41. The van der Waals surface area contributed by atoms with Gasteiger partial charge in [-0.25, -0.2) is 5.01 Å². The number of amides is 5. The minimum absolute atomic E-state index is 0.164. The largest absolute Gasteiger partial charge is 0.459 e. The number of ether oxygens (including phenoxy) is 1. The number of nitrogens with zero attached hydrogens (tertiary/aromatic N) is 1. The van der Waals surface area contributed by atoms with Crippen LogP contribution in [-0.2, 0) is 35.3 Å². The Kier molecular flexibility index (Phi) is 14.1.